The zero-order valence-corrected chi connectivity index (χ0v) is 16.8. The molecule has 1 atom stereocenters. The zero-order chi connectivity index (χ0) is 20.1. The number of nitrogens with zero attached hydrogens (tertiary/aromatic N) is 1. The molecule has 1 unspecified atom stereocenters. The lowest BCUT2D eigenvalue weighted by Gasteiger charge is -2.24. The Labute approximate surface area is 180 Å². The van der Waals surface area contributed by atoms with Crippen molar-refractivity contribution in [2.24, 2.45) is 4.99 Å². The van der Waals surface area contributed by atoms with E-state index >= 15 is 0 Å². The molecule has 7 heteroatoms. The molecule has 0 aromatic heterocycles. The number of rotatable bonds is 5. The number of carbonyl (C=O) groups is 2. The predicted octanol–water partition coefficient (Wildman–Crippen LogP) is 3.65. The zero-order valence-electron chi connectivity index (χ0n) is 15.9. The van der Waals surface area contributed by atoms with Crippen LogP contribution in [-0.4, -0.2) is 30.0 Å². The van der Waals surface area contributed by atoms with Crippen LogP contribution in [0.2, 0.25) is 0 Å². The Morgan fingerprint density at radius 1 is 0.833 bits per heavy atom. The molecule has 152 valence electrons. The summed E-state index contributed by atoms with van der Waals surface area (Å²) in [4.78, 5) is 30.5. The predicted molar refractivity (Wildman–Crippen MR) is 118 cm³/mol. The van der Waals surface area contributed by atoms with Crippen LogP contribution in [0.3, 0.4) is 0 Å². The number of aliphatic imine (C=N–C) groups is 1. The molecule has 0 spiro atoms. The third-order valence-electron chi connectivity index (χ3n) is 4.49. The Bertz CT molecular complexity index is 1040. The van der Waals surface area contributed by atoms with Crippen molar-refractivity contribution in [2.45, 2.75) is 5.66 Å². The van der Waals surface area contributed by atoms with E-state index in [0.29, 0.717) is 17.1 Å². The highest BCUT2D eigenvalue weighted by molar-refractivity contribution is 6.07. The summed E-state index contributed by atoms with van der Waals surface area (Å²) in [6, 6.07) is 27.0. The number of para-hydroxylation sites is 1. The van der Waals surface area contributed by atoms with Gasteiger partial charge in [0, 0.05) is 16.8 Å². The number of carbonyl (C=O) groups excluding carboxylic acids is 2. The molecule has 3 aromatic carbocycles. The van der Waals surface area contributed by atoms with Gasteiger partial charge in [-0.3, -0.25) is 9.59 Å². The molecule has 1 aliphatic heterocycles. The van der Waals surface area contributed by atoms with E-state index in [1.54, 1.807) is 36.4 Å². The minimum Gasteiger partial charge on any atom is -0.472 e. The molecule has 0 bridgehead atoms. The second kappa shape index (κ2) is 9.24. The van der Waals surface area contributed by atoms with Crippen molar-refractivity contribution in [3.05, 3.63) is 102 Å². The van der Waals surface area contributed by atoms with Gasteiger partial charge in [0.05, 0.1) is 0 Å². The minimum atomic E-state index is -1.58. The van der Waals surface area contributed by atoms with Gasteiger partial charge in [0.2, 0.25) is 11.6 Å². The lowest BCUT2D eigenvalue weighted by atomic mass is 10.1. The Morgan fingerprint density at radius 3 is 2.03 bits per heavy atom. The van der Waals surface area contributed by atoms with Crippen molar-refractivity contribution in [3.63, 3.8) is 0 Å². The molecule has 6 nitrogen and oxygen atoms in total. The molecule has 2 amide bonds. The Morgan fingerprint density at radius 2 is 1.40 bits per heavy atom. The quantitative estimate of drug-likeness (QED) is 0.660. The molecule has 3 aromatic rings. The number of nitrogens with one attached hydrogen (secondary N) is 2. The molecule has 0 saturated heterocycles. The maximum atomic E-state index is 13.2. The van der Waals surface area contributed by atoms with Gasteiger partial charge in [-0.05, 0) is 36.4 Å². The molecule has 2 N–H and O–H groups in total. The summed E-state index contributed by atoms with van der Waals surface area (Å²) in [7, 11) is 0. The summed E-state index contributed by atoms with van der Waals surface area (Å²) >= 11 is 0. The first kappa shape index (κ1) is 21.1. The summed E-state index contributed by atoms with van der Waals surface area (Å²) in [5.41, 5.74) is 0.196. The smallest absolute Gasteiger partial charge is 0.276 e. The molecule has 1 heterocycles. The van der Waals surface area contributed by atoms with E-state index in [-0.39, 0.29) is 19.0 Å². The van der Waals surface area contributed by atoms with Crippen molar-refractivity contribution < 1.29 is 14.3 Å². The van der Waals surface area contributed by atoms with Gasteiger partial charge in [-0.15, -0.1) is 12.4 Å². The third-order valence-corrected chi connectivity index (χ3v) is 4.49. The van der Waals surface area contributed by atoms with E-state index in [2.05, 4.69) is 15.6 Å². The van der Waals surface area contributed by atoms with Crippen molar-refractivity contribution in [1.82, 2.24) is 5.32 Å². The molecule has 30 heavy (non-hydrogen) atoms. The minimum absolute atomic E-state index is 0. The van der Waals surface area contributed by atoms with Gasteiger partial charge < -0.3 is 15.4 Å². The van der Waals surface area contributed by atoms with E-state index in [1.807, 2.05) is 54.6 Å². The average molecular weight is 422 g/mol. The molecule has 0 saturated carbocycles. The second-order valence-corrected chi connectivity index (χ2v) is 6.57. The summed E-state index contributed by atoms with van der Waals surface area (Å²) in [5, 5.41) is 5.58. The molecule has 0 fully saturated rings. The van der Waals surface area contributed by atoms with Gasteiger partial charge in [0.1, 0.15) is 6.61 Å². The van der Waals surface area contributed by atoms with Crippen LogP contribution in [0.15, 0.2) is 96.0 Å². The number of ether oxygens (including phenoxy) is 1. The van der Waals surface area contributed by atoms with Crippen LogP contribution in [0.25, 0.3) is 0 Å². The Hall–Kier alpha value is -3.64. The fourth-order valence-electron chi connectivity index (χ4n) is 2.98. The molecule has 1 aliphatic rings. The highest BCUT2D eigenvalue weighted by atomic mass is 35.5. The molecule has 4 rings (SSSR count). The fraction of sp³-hybridized carbons (Fsp3) is 0.0870. The van der Waals surface area contributed by atoms with E-state index in [9.17, 15) is 9.59 Å². The molecule has 0 radical (unpaired) electrons. The molecular weight excluding hydrogens is 402 g/mol. The normalized spacial score (nSPS) is 17.1. The highest BCUT2D eigenvalue weighted by Gasteiger charge is 2.46. The van der Waals surface area contributed by atoms with Crippen LogP contribution in [0.4, 0.5) is 5.69 Å². The van der Waals surface area contributed by atoms with E-state index in [1.165, 1.54) is 0 Å². The summed E-state index contributed by atoms with van der Waals surface area (Å²) in [6.07, 6.45) is 0. The first-order chi connectivity index (χ1) is 14.2. The van der Waals surface area contributed by atoms with Crippen LogP contribution < -0.4 is 10.6 Å². The molecule has 0 aliphatic carbocycles. The second-order valence-electron chi connectivity index (χ2n) is 6.57. The van der Waals surface area contributed by atoms with E-state index < -0.39 is 17.5 Å². The van der Waals surface area contributed by atoms with Gasteiger partial charge in [-0.2, -0.15) is 0 Å². The van der Waals surface area contributed by atoms with Gasteiger partial charge in [0.15, 0.2) is 0 Å². The Balaban J connectivity index is 0.00000256. The monoisotopic (exact) mass is 421 g/mol. The Kier molecular flexibility index (Phi) is 6.49. The fourth-order valence-corrected chi connectivity index (χ4v) is 2.98. The largest absolute Gasteiger partial charge is 0.472 e. The SMILES string of the molecule is Cl.O=C(NC1(C(=O)Nc2ccccc2)COC(c2ccccc2)=N1)c1ccccc1. The van der Waals surface area contributed by atoms with Crippen molar-refractivity contribution in [1.29, 1.82) is 0 Å². The van der Waals surface area contributed by atoms with Crippen molar-refractivity contribution in [3.8, 4) is 0 Å². The van der Waals surface area contributed by atoms with Gasteiger partial charge >= 0.3 is 0 Å². The topological polar surface area (TPSA) is 79.8 Å². The average Bonchev–Trinajstić information content (AvgIpc) is 3.21. The first-order valence-corrected chi connectivity index (χ1v) is 9.18. The van der Waals surface area contributed by atoms with Crippen LogP contribution in [-0.2, 0) is 9.53 Å². The van der Waals surface area contributed by atoms with Crippen LogP contribution >= 0.6 is 12.4 Å². The number of halogens is 1. The van der Waals surface area contributed by atoms with E-state index in [0.717, 1.165) is 5.56 Å². The van der Waals surface area contributed by atoms with E-state index in [4.69, 9.17) is 4.74 Å². The maximum absolute atomic E-state index is 13.2. The summed E-state index contributed by atoms with van der Waals surface area (Å²) in [5.74, 6) is -0.573. The maximum Gasteiger partial charge on any atom is 0.276 e. The van der Waals surface area contributed by atoms with Crippen LogP contribution in [0.1, 0.15) is 15.9 Å². The van der Waals surface area contributed by atoms with Crippen LogP contribution in [0.5, 0.6) is 0 Å². The standard InChI is InChI=1S/C23H19N3O3.ClH/c27-20(17-10-4-1-5-11-17)25-23(22(28)24-19-14-8-3-9-15-19)16-29-21(26-23)18-12-6-2-7-13-18;/h1-15H,16H2,(H,24,28)(H,25,27);1H. The highest BCUT2D eigenvalue weighted by Crippen LogP contribution is 2.23. The number of anilines is 1. The number of hydrogen-bond acceptors (Lipinski definition) is 4. The van der Waals surface area contributed by atoms with Crippen molar-refractivity contribution >= 4 is 35.8 Å². The van der Waals surface area contributed by atoms with Gasteiger partial charge in [-0.25, -0.2) is 4.99 Å². The third kappa shape index (κ3) is 4.50. The summed E-state index contributed by atoms with van der Waals surface area (Å²) in [6.45, 7) is -0.103. The first-order valence-electron chi connectivity index (χ1n) is 9.18. The number of benzene rings is 3. The number of hydrogen-bond donors (Lipinski definition) is 2. The summed E-state index contributed by atoms with van der Waals surface area (Å²) < 4.78 is 5.73. The lowest BCUT2D eigenvalue weighted by Crippen LogP contribution is -2.56. The van der Waals surface area contributed by atoms with Gasteiger partial charge in [0.25, 0.3) is 11.8 Å². The molecular formula is C23H20ClN3O3. The lowest BCUT2D eigenvalue weighted by molar-refractivity contribution is -0.122. The number of amides is 2. The van der Waals surface area contributed by atoms with Crippen LogP contribution in [0, 0.1) is 0 Å². The van der Waals surface area contributed by atoms with Gasteiger partial charge in [-0.1, -0.05) is 54.6 Å². The van der Waals surface area contributed by atoms with Crippen molar-refractivity contribution in [2.75, 3.05) is 11.9 Å².